The second-order valence-corrected chi connectivity index (χ2v) is 25.7. The van der Waals surface area contributed by atoms with Crippen molar-refractivity contribution >= 4 is 23.9 Å². The molecule has 0 aromatic heterocycles. The first-order valence-corrected chi connectivity index (χ1v) is 31.6. The summed E-state index contributed by atoms with van der Waals surface area (Å²) in [6, 6.07) is 0. The molecule has 0 bridgehead atoms. The lowest BCUT2D eigenvalue weighted by molar-refractivity contribution is -0.463. The van der Waals surface area contributed by atoms with Gasteiger partial charge in [0.2, 0.25) is 0 Å². The van der Waals surface area contributed by atoms with E-state index in [4.69, 9.17) is 0 Å². The highest BCUT2D eigenvalue weighted by Crippen LogP contribution is 2.71. The van der Waals surface area contributed by atoms with E-state index in [2.05, 4.69) is 45.3 Å². The zero-order valence-corrected chi connectivity index (χ0v) is 62.7. The quantitative estimate of drug-likeness (QED) is 0.0196. The second kappa shape index (κ2) is 39.0. The van der Waals surface area contributed by atoms with Gasteiger partial charge in [-0.3, -0.25) is 0 Å². The van der Waals surface area contributed by atoms with Crippen molar-refractivity contribution < 1.29 is 337 Å². The molecule has 0 aromatic carbocycles. The van der Waals surface area contributed by atoms with Crippen LogP contribution in [0.25, 0.3) is 0 Å². The molecule has 0 aliphatic rings. The van der Waals surface area contributed by atoms with Crippen LogP contribution in [0.4, 0.5) is 299 Å². The molecule has 134 heavy (non-hydrogen) atoms. The Hall–Kier alpha value is -7.92. The summed E-state index contributed by atoms with van der Waals surface area (Å²) in [5, 5.41) is 0. The highest BCUT2D eigenvalue weighted by molar-refractivity contribution is 5.87. The third-order valence-electron chi connectivity index (χ3n) is 16.3. The fourth-order valence-electron chi connectivity index (χ4n) is 7.79. The fraction of sp³-hybridized carbons (Fsp3) is 0.793. The SMILES string of the molecule is C=C(C)C(=O)OCCCCC(F)(F)C(F)(F)C(F)(F)C(F)(F)C(F)(F)C(F)(F)C(F)(F)C(F)(F)F.C=CC(=O)OC(C)C(C)C(F)(F)C(F)(F)C(F)(F)C(F)(F)C(F)(F)C(F)(F)C(F)(F)C(F)(F)F.C=CC(=O)OC(C)C(F)(F)C(F)(F)C(F)(F)C(F)(F)C(F)(F)C(F)(F)C(F)(F)C(F)(F)F.C=CC(=O)OCCCC(F)(F)C(F)(F)C(F)(F)C(F)(F)C(F)(F)C(F)(F)C(F)(F)C(F)(F)F. The Kier molecular flexibility index (Phi) is 38.6. The number of halogens is 68. The fourth-order valence-corrected chi connectivity index (χ4v) is 7.79. The van der Waals surface area contributed by atoms with Gasteiger partial charge in [-0.2, -0.15) is 299 Å². The minimum Gasteiger partial charge on any atom is -0.463 e. The van der Waals surface area contributed by atoms with E-state index >= 15 is 0 Å². The van der Waals surface area contributed by atoms with Crippen LogP contribution in [0.5, 0.6) is 0 Å². The Morgan fingerprint density at radius 1 is 0.239 bits per heavy atom. The highest BCUT2D eigenvalue weighted by Gasteiger charge is 3.01. The number of hydrogen-bond acceptors (Lipinski definition) is 8. The molecule has 0 saturated heterocycles. The van der Waals surface area contributed by atoms with Crippen molar-refractivity contribution in [1.29, 1.82) is 0 Å². The summed E-state index contributed by atoms with van der Waals surface area (Å²) in [6.45, 7) is 9.75. The third kappa shape index (κ3) is 21.6. The van der Waals surface area contributed by atoms with Gasteiger partial charge in [0.05, 0.1) is 19.1 Å². The van der Waals surface area contributed by atoms with Gasteiger partial charge in [-0.25, -0.2) is 19.2 Å². The van der Waals surface area contributed by atoms with E-state index in [9.17, 15) is 318 Å². The number of esters is 4. The molecular weight excluding hydrogens is 2120 g/mol. The van der Waals surface area contributed by atoms with Gasteiger partial charge in [-0.1, -0.05) is 33.2 Å². The van der Waals surface area contributed by atoms with Crippen LogP contribution in [-0.2, 0) is 38.1 Å². The van der Waals surface area contributed by atoms with Gasteiger partial charge in [-0.15, -0.1) is 0 Å². The van der Waals surface area contributed by atoms with Gasteiger partial charge in [0.1, 0.15) is 6.10 Å². The van der Waals surface area contributed by atoms with Crippen LogP contribution >= 0.6 is 0 Å². The molecule has 0 amide bonds. The standard InChI is InChI=1S/C16H13F17O2.C15H11F17O2.C14H9F17O2.C13H7F17O2/c1-7(2)8(34)35-6-4-3-5-9(17,18)10(19,20)11(21,22)12(23,24)13(25,26)14(27,28)15(29,30)16(31,32)33;1-4-7(33)34-6(3)5(2)8(16,17)9(18,19)10(20,21)11(22,23)12(24,25)13(26,27)14(28,29)15(30,31)32;1-2-6(32)33-5-3-4-7(15,16)8(17,18)9(19,20)10(21,22)11(23,24)12(25,26)13(27,28)14(29,30)31;1-3-5(31)32-4(2)6(14,15)7(16,17)8(18,19)9(20,21)10(22,23)11(24,25)12(26,27)13(28,29)30/h1,3-6H2,2H3;4-6H,1H2,2-3H3;2H,1,3-5H2;3-4H,1H2,2H3. The minimum absolute atomic E-state index is 0.0641. The molecule has 76 heteroatoms. The van der Waals surface area contributed by atoms with Crippen LogP contribution in [0.2, 0.25) is 0 Å². The summed E-state index contributed by atoms with van der Waals surface area (Å²) >= 11 is 0. The van der Waals surface area contributed by atoms with Gasteiger partial charge in [0, 0.05) is 36.6 Å². The number of alkyl halides is 68. The monoisotopic (exact) mass is 2160 g/mol. The van der Waals surface area contributed by atoms with Crippen LogP contribution in [0.1, 0.15) is 59.8 Å². The molecule has 0 aliphatic carbocycles. The Morgan fingerprint density at radius 3 is 0.642 bits per heavy atom. The van der Waals surface area contributed by atoms with E-state index < -0.39 is 285 Å². The van der Waals surface area contributed by atoms with Crippen LogP contribution in [0.3, 0.4) is 0 Å². The molecule has 3 atom stereocenters. The van der Waals surface area contributed by atoms with Crippen molar-refractivity contribution in [2.75, 3.05) is 13.2 Å². The average Bonchev–Trinajstić information content (AvgIpc) is 0.704. The molecule has 0 fully saturated rings. The van der Waals surface area contributed by atoms with Crippen molar-refractivity contribution in [3.05, 3.63) is 50.1 Å². The van der Waals surface area contributed by atoms with Crippen molar-refractivity contribution in [3.8, 4) is 0 Å². The third-order valence-corrected chi connectivity index (χ3v) is 16.3. The molecule has 3 unspecified atom stereocenters. The number of hydrogen-bond donors (Lipinski definition) is 0. The topological polar surface area (TPSA) is 105 Å². The summed E-state index contributed by atoms with van der Waals surface area (Å²) in [6.07, 6.45) is -46.1. The van der Waals surface area contributed by atoms with Crippen LogP contribution in [-0.4, -0.2) is 240 Å². The summed E-state index contributed by atoms with van der Waals surface area (Å²) < 4.78 is 905. The van der Waals surface area contributed by atoms with Crippen LogP contribution in [0.15, 0.2) is 50.1 Å². The maximum Gasteiger partial charge on any atom is 0.460 e. The lowest BCUT2D eigenvalue weighted by atomic mass is 9.84. The first-order chi connectivity index (χ1) is 57.4. The largest absolute Gasteiger partial charge is 0.463 e. The number of ether oxygens (including phenoxy) is 4. The van der Waals surface area contributed by atoms with Crippen molar-refractivity contribution in [2.45, 2.75) is 263 Å². The zero-order valence-electron chi connectivity index (χ0n) is 62.7. The number of carbonyl (C=O) groups is 4. The Morgan fingerprint density at radius 2 is 0.425 bits per heavy atom. The van der Waals surface area contributed by atoms with E-state index in [0.717, 1.165) is 6.92 Å². The first-order valence-electron chi connectivity index (χ1n) is 31.6. The maximum absolute atomic E-state index is 14.0. The van der Waals surface area contributed by atoms with E-state index in [-0.39, 0.29) is 31.6 Å². The van der Waals surface area contributed by atoms with E-state index in [1.807, 2.05) is 0 Å². The molecule has 0 rings (SSSR count). The average molecular weight is 2160 g/mol. The second-order valence-electron chi connectivity index (χ2n) is 25.7. The van der Waals surface area contributed by atoms with Gasteiger partial charge >= 0.3 is 214 Å². The predicted octanol–water partition coefficient (Wildman–Crippen LogP) is 26.7. The smallest absolute Gasteiger partial charge is 0.460 e. The number of unbranched alkanes of at least 4 members (excludes halogenated alkanes) is 1. The Bertz CT molecular complexity index is 3990. The molecule has 0 spiro atoms. The molecule has 796 valence electrons. The predicted molar refractivity (Wildman–Crippen MR) is 293 cm³/mol. The molecule has 0 radical (unpaired) electrons. The van der Waals surface area contributed by atoms with Gasteiger partial charge in [0.15, 0.2) is 6.10 Å². The number of carbonyl (C=O) groups excluding carboxylic acids is 4. The summed E-state index contributed by atoms with van der Waals surface area (Å²) in [5.41, 5.74) is -0.238. The van der Waals surface area contributed by atoms with Gasteiger partial charge in [-0.05, 0) is 40.0 Å². The van der Waals surface area contributed by atoms with Crippen molar-refractivity contribution in [3.63, 3.8) is 0 Å². The minimum atomic E-state index is -8.71. The summed E-state index contributed by atoms with van der Waals surface area (Å²) in [4.78, 5) is 43.1. The highest BCUT2D eigenvalue weighted by atomic mass is 19.5. The molecule has 0 N–H and O–H groups in total. The lowest BCUT2D eigenvalue weighted by Crippen LogP contribution is -2.75. The Balaban J connectivity index is -0.000000841. The van der Waals surface area contributed by atoms with E-state index in [0.29, 0.717) is 6.08 Å². The van der Waals surface area contributed by atoms with Crippen LogP contribution in [0, 0.1) is 5.92 Å². The zero-order chi connectivity index (χ0) is 111. The maximum atomic E-state index is 14.0. The lowest BCUT2D eigenvalue weighted by Gasteiger charge is -2.44. The molecule has 0 heterocycles. The summed E-state index contributed by atoms with van der Waals surface area (Å²) in [5.74, 6) is -237. The van der Waals surface area contributed by atoms with Gasteiger partial charge < -0.3 is 18.9 Å². The van der Waals surface area contributed by atoms with Gasteiger partial charge in [0.25, 0.3) is 0 Å². The Labute approximate surface area is 692 Å². The summed E-state index contributed by atoms with van der Waals surface area (Å²) in [7, 11) is 0. The van der Waals surface area contributed by atoms with E-state index in [1.165, 1.54) is 0 Å². The van der Waals surface area contributed by atoms with Crippen molar-refractivity contribution in [1.82, 2.24) is 0 Å². The molecule has 0 aliphatic heterocycles. The normalized spacial score (nSPS) is 16.1. The molecule has 0 aromatic rings. The molecule has 8 nitrogen and oxygen atoms in total. The first kappa shape index (κ1) is 132. The van der Waals surface area contributed by atoms with Crippen molar-refractivity contribution in [2.24, 2.45) is 5.92 Å². The number of rotatable bonds is 42. The van der Waals surface area contributed by atoms with Crippen LogP contribution < -0.4 is 0 Å². The molecule has 0 saturated carbocycles. The molecular formula is C58H40F68O8. The van der Waals surface area contributed by atoms with E-state index in [1.54, 1.807) is 0 Å².